The number of aryl methyl sites for hydroxylation is 1. The van der Waals surface area contributed by atoms with Crippen LogP contribution in [0.15, 0.2) is 10.8 Å². The highest BCUT2D eigenvalue weighted by Gasteiger charge is 2.06. The standard InChI is InChI=1S/C8H9N3S2/c1-5-10-7(4-12-5)8-11-6(2-9)3-13-8/h3-4H,2,9H2,1H3. The Kier molecular flexibility index (Phi) is 2.39. The minimum atomic E-state index is 0.500. The molecule has 2 heterocycles. The zero-order chi connectivity index (χ0) is 9.26. The van der Waals surface area contributed by atoms with E-state index in [9.17, 15) is 0 Å². The molecular weight excluding hydrogens is 202 g/mol. The predicted molar refractivity (Wildman–Crippen MR) is 55.9 cm³/mol. The van der Waals surface area contributed by atoms with E-state index >= 15 is 0 Å². The van der Waals surface area contributed by atoms with Crippen molar-refractivity contribution in [1.82, 2.24) is 9.97 Å². The van der Waals surface area contributed by atoms with E-state index in [-0.39, 0.29) is 0 Å². The maximum atomic E-state index is 5.47. The predicted octanol–water partition coefficient (Wildman–Crippen LogP) is 2.03. The summed E-state index contributed by atoms with van der Waals surface area (Å²) in [6.07, 6.45) is 0. The van der Waals surface area contributed by atoms with Crippen LogP contribution in [0.2, 0.25) is 0 Å². The molecule has 0 radical (unpaired) electrons. The van der Waals surface area contributed by atoms with Gasteiger partial charge in [0.15, 0.2) is 0 Å². The third-order valence-corrected chi connectivity index (χ3v) is 3.29. The fraction of sp³-hybridized carbons (Fsp3) is 0.250. The molecule has 0 atom stereocenters. The van der Waals surface area contributed by atoms with Crippen LogP contribution in [0.3, 0.4) is 0 Å². The Balaban J connectivity index is 2.35. The van der Waals surface area contributed by atoms with Crippen molar-refractivity contribution in [2.75, 3.05) is 0 Å². The summed E-state index contributed by atoms with van der Waals surface area (Å²) in [5.74, 6) is 0. The Morgan fingerprint density at radius 3 is 2.69 bits per heavy atom. The van der Waals surface area contributed by atoms with Gasteiger partial charge in [0.2, 0.25) is 0 Å². The Morgan fingerprint density at radius 1 is 1.31 bits per heavy atom. The molecule has 0 aliphatic carbocycles. The Labute approximate surface area is 84.3 Å². The number of hydrogen-bond donors (Lipinski definition) is 1. The normalized spacial score (nSPS) is 10.6. The van der Waals surface area contributed by atoms with Crippen LogP contribution in [0.4, 0.5) is 0 Å². The largest absolute Gasteiger partial charge is 0.325 e. The summed E-state index contributed by atoms with van der Waals surface area (Å²) < 4.78 is 0. The molecule has 0 amide bonds. The van der Waals surface area contributed by atoms with Crippen LogP contribution in [0, 0.1) is 6.92 Å². The van der Waals surface area contributed by atoms with Crippen molar-refractivity contribution in [3.63, 3.8) is 0 Å². The summed E-state index contributed by atoms with van der Waals surface area (Å²) in [4.78, 5) is 8.70. The van der Waals surface area contributed by atoms with Gasteiger partial charge in [0.25, 0.3) is 0 Å². The summed E-state index contributed by atoms with van der Waals surface area (Å²) in [5, 5.41) is 6.03. The number of nitrogens with zero attached hydrogens (tertiary/aromatic N) is 2. The Bertz CT molecular complexity index is 405. The molecule has 0 saturated heterocycles. The number of hydrogen-bond acceptors (Lipinski definition) is 5. The van der Waals surface area contributed by atoms with Crippen LogP contribution in [0.25, 0.3) is 10.7 Å². The summed E-state index contributed by atoms with van der Waals surface area (Å²) in [5.41, 5.74) is 7.37. The van der Waals surface area contributed by atoms with Crippen molar-refractivity contribution in [3.8, 4) is 10.7 Å². The highest BCUT2D eigenvalue weighted by atomic mass is 32.1. The van der Waals surface area contributed by atoms with Gasteiger partial charge in [-0.25, -0.2) is 9.97 Å². The average molecular weight is 211 g/mol. The van der Waals surface area contributed by atoms with Gasteiger partial charge in [0, 0.05) is 17.3 Å². The molecule has 2 N–H and O–H groups in total. The first-order valence-electron chi connectivity index (χ1n) is 3.86. The van der Waals surface area contributed by atoms with Gasteiger partial charge in [0.1, 0.15) is 10.7 Å². The zero-order valence-electron chi connectivity index (χ0n) is 7.15. The number of rotatable bonds is 2. The van der Waals surface area contributed by atoms with E-state index in [0.717, 1.165) is 21.4 Å². The highest BCUT2D eigenvalue weighted by molar-refractivity contribution is 7.14. The van der Waals surface area contributed by atoms with Crippen LogP contribution in [-0.4, -0.2) is 9.97 Å². The van der Waals surface area contributed by atoms with Gasteiger partial charge in [-0.2, -0.15) is 0 Å². The van der Waals surface area contributed by atoms with E-state index in [1.807, 2.05) is 17.7 Å². The molecule has 2 rings (SSSR count). The second kappa shape index (κ2) is 3.53. The highest BCUT2D eigenvalue weighted by Crippen LogP contribution is 2.24. The fourth-order valence-electron chi connectivity index (χ4n) is 0.980. The molecule has 13 heavy (non-hydrogen) atoms. The summed E-state index contributed by atoms with van der Waals surface area (Å²) in [6.45, 7) is 2.49. The molecule has 2 aromatic rings. The first-order valence-corrected chi connectivity index (χ1v) is 5.62. The molecule has 0 aromatic carbocycles. The van der Waals surface area contributed by atoms with E-state index in [1.54, 1.807) is 22.7 Å². The summed E-state index contributed by atoms with van der Waals surface area (Å²) >= 11 is 3.23. The van der Waals surface area contributed by atoms with Gasteiger partial charge in [0.05, 0.1) is 10.7 Å². The molecule has 2 aromatic heterocycles. The second-order valence-electron chi connectivity index (χ2n) is 2.60. The van der Waals surface area contributed by atoms with Gasteiger partial charge in [-0.3, -0.25) is 0 Å². The van der Waals surface area contributed by atoms with Crippen molar-refractivity contribution in [2.24, 2.45) is 5.73 Å². The summed E-state index contributed by atoms with van der Waals surface area (Å²) in [7, 11) is 0. The molecule has 0 spiro atoms. The fourth-order valence-corrected chi connectivity index (χ4v) is 2.44. The van der Waals surface area contributed by atoms with Crippen LogP contribution in [0.1, 0.15) is 10.7 Å². The van der Waals surface area contributed by atoms with Crippen molar-refractivity contribution < 1.29 is 0 Å². The van der Waals surface area contributed by atoms with Crippen molar-refractivity contribution >= 4 is 22.7 Å². The van der Waals surface area contributed by atoms with Crippen LogP contribution in [0.5, 0.6) is 0 Å². The Morgan fingerprint density at radius 2 is 2.15 bits per heavy atom. The molecule has 0 aliphatic rings. The molecule has 0 bridgehead atoms. The minimum absolute atomic E-state index is 0.500. The van der Waals surface area contributed by atoms with E-state index in [0.29, 0.717) is 6.54 Å². The maximum Gasteiger partial charge on any atom is 0.143 e. The SMILES string of the molecule is Cc1nc(-c2nc(CN)cs2)cs1. The van der Waals surface area contributed by atoms with E-state index in [1.165, 1.54) is 0 Å². The van der Waals surface area contributed by atoms with Crippen LogP contribution >= 0.6 is 22.7 Å². The van der Waals surface area contributed by atoms with Gasteiger partial charge in [-0.15, -0.1) is 22.7 Å². The van der Waals surface area contributed by atoms with Crippen molar-refractivity contribution in [1.29, 1.82) is 0 Å². The monoisotopic (exact) mass is 211 g/mol. The molecule has 3 nitrogen and oxygen atoms in total. The lowest BCUT2D eigenvalue weighted by atomic mass is 10.5. The number of nitrogens with two attached hydrogens (primary N) is 1. The van der Waals surface area contributed by atoms with Crippen LogP contribution < -0.4 is 5.73 Å². The van der Waals surface area contributed by atoms with Gasteiger partial charge in [-0.1, -0.05) is 0 Å². The lowest BCUT2D eigenvalue weighted by molar-refractivity contribution is 1.01. The quantitative estimate of drug-likeness (QED) is 0.827. The maximum absolute atomic E-state index is 5.47. The number of thiazole rings is 2. The second-order valence-corrected chi connectivity index (χ2v) is 4.52. The molecule has 0 aliphatic heterocycles. The topological polar surface area (TPSA) is 51.8 Å². The van der Waals surface area contributed by atoms with E-state index in [2.05, 4.69) is 9.97 Å². The Hall–Kier alpha value is -0.780. The van der Waals surface area contributed by atoms with Crippen LogP contribution in [-0.2, 0) is 6.54 Å². The van der Waals surface area contributed by atoms with E-state index in [4.69, 9.17) is 5.73 Å². The molecular formula is C8H9N3S2. The molecule has 5 heteroatoms. The summed E-state index contributed by atoms with van der Waals surface area (Å²) in [6, 6.07) is 0. The molecule has 0 fully saturated rings. The first kappa shape index (κ1) is 8.80. The van der Waals surface area contributed by atoms with Crippen molar-refractivity contribution in [2.45, 2.75) is 13.5 Å². The number of aromatic nitrogens is 2. The first-order chi connectivity index (χ1) is 6.29. The third-order valence-electron chi connectivity index (χ3n) is 1.60. The molecule has 0 saturated carbocycles. The molecule has 0 unspecified atom stereocenters. The van der Waals surface area contributed by atoms with Gasteiger partial charge in [-0.05, 0) is 6.92 Å². The van der Waals surface area contributed by atoms with Gasteiger partial charge < -0.3 is 5.73 Å². The average Bonchev–Trinajstić information content (AvgIpc) is 2.71. The zero-order valence-corrected chi connectivity index (χ0v) is 8.78. The smallest absolute Gasteiger partial charge is 0.143 e. The lowest BCUT2D eigenvalue weighted by Crippen LogP contribution is -1.95. The van der Waals surface area contributed by atoms with Crippen molar-refractivity contribution in [3.05, 3.63) is 21.5 Å². The third kappa shape index (κ3) is 1.77. The van der Waals surface area contributed by atoms with E-state index < -0.39 is 0 Å². The minimum Gasteiger partial charge on any atom is -0.325 e. The molecule has 68 valence electrons. The lowest BCUT2D eigenvalue weighted by Gasteiger charge is -1.86. The van der Waals surface area contributed by atoms with Gasteiger partial charge >= 0.3 is 0 Å².